The number of rotatable bonds is 2. The molecule has 1 saturated heterocycles. The molecule has 0 unspecified atom stereocenters. The first kappa shape index (κ1) is 11.0. The van der Waals surface area contributed by atoms with Crippen LogP contribution >= 0.6 is 0 Å². The van der Waals surface area contributed by atoms with Crippen molar-refractivity contribution < 1.29 is 9.59 Å². The molecule has 1 aliphatic heterocycles. The van der Waals surface area contributed by atoms with E-state index in [1.165, 1.54) is 0 Å². The summed E-state index contributed by atoms with van der Waals surface area (Å²) in [4.78, 5) is 24.4. The second-order valence-corrected chi connectivity index (χ2v) is 3.64. The van der Waals surface area contributed by atoms with E-state index in [-0.39, 0.29) is 17.9 Å². The lowest BCUT2D eigenvalue weighted by Crippen LogP contribution is -2.54. The molecular formula is C9H17N3O2. The molecule has 5 heteroatoms. The fraction of sp³-hybridized carbons (Fsp3) is 0.778. The average molecular weight is 199 g/mol. The van der Waals surface area contributed by atoms with Crippen LogP contribution in [0.5, 0.6) is 0 Å². The molecule has 0 radical (unpaired) electrons. The van der Waals surface area contributed by atoms with Crippen molar-refractivity contribution >= 4 is 11.8 Å². The fourth-order valence-electron chi connectivity index (χ4n) is 1.62. The minimum Gasteiger partial charge on any atom is -0.357 e. The van der Waals surface area contributed by atoms with Crippen molar-refractivity contribution in [3.63, 3.8) is 0 Å². The van der Waals surface area contributed by atoms with Crippen LogP contribution < -0.4 is 11.1 Å². The first-order valence-corrected chi connectivity index (χ1v) is 4.83. The summed E-state index contributed by atoms with van der Waals surface area (Å²) < 4.78 is 0. The van der Waals surface area contributed by atoms with Crippen LogP contribution in [-0.4, -0.2) is 42.4 Å². The Labute approximate surface area is 83.6 Å². The van der Waals surface area contributed by atoms with E-state index in [4.69, 9.17) is 5.73 Å². The van der Waals surface area contributed by atoms with Gasteiger partial charge in [0.15, 0.2) is 0 Å². The zero-order valence-corrected chi connectivity index (χ0v) is 8.62. The van der Waals surface area contributed by atoms with E-state index in [9.17, 15) is 9.59 Å². The number of nitrogens with two attached hydrogens (primary N) is 1. The van der Waals surface area contributed by atoms with Gasteiger partial charge < -0.3 is 16.0 Å². The number of likely N-dealkylation sites (tertiary alicyclic amines) is 1. The molecule has 1 aliphatic rings. The molecule has 0 saturated carbocycles. The molecule has 3 N–H and O–H groups in total. The highest BCUT2D eigenvalue weighted by molar-refractivity contribution is 5.87. The average Bonchev–Trinajstić information content (AvgIpc) is 2.19. The third-order valence-electron chi connectivity index (χ3n) is 2.57. The van der Waals surface area contributed by atoms with Crippen LogP contribution in [0.2, 0.25) is 0 Å². The SMILES string of the molecule is CNC(=O)[C@H](C)N1C[C@@H](N)CCC1=O. The van der Waals surface area contributed by atoms with Crippen molar-refractivity contribution in [2.45, 2.75) is 31.8 Å². The molecule has 0 aromatic carbocycles. The highest BCUT2D eigenvalue weighted by Gasteiger charge is 2.30. The number of piperidine rings is 1. The summed E-state index contributed by atoms with van der Waals surface area (Å²) in [6.45, 7) is 2.20. The van der Waals surface area contributed by atoms with Gasteiger partial charge in [-0.15, -0.1) is 0 Å². The summed E-state index contributed by atoms with van der Waals surface area (Å²) in [6.07, 6.45) is 1.16. The number of hydrogen-bond donors (Lipinski definition) is 2. The van der Waals surface area contributed by atoms with Gasteiger partial charge in [-0.2, -0.15) is 0 Å². The summed E-state index contributed by atoms with van der Waals surface area (Å²) in [5.74, 6) is -0.129. The smallest absolute Gasteiger partial charge is 0.242 e. The molecule has 2 atom stereocenters. The van der Waals surface area contributed by atoms with Crippen molar-refractivity contribution in [3.8, 4) is 0 Å². The van der Waals surface area contributed by atoms with Gasteiger partial charge in [0.2, 0.25) is 11.8 Å². The number of amides is 2. The Morgan fingerprint density at radius 1 is 1.71 bits per heavy atom. The molecule has 80 valence electrons. The van der Waals surface area contributed by atoms with E-state index < -0.39 is 6.04 Å². The molecule has 2 amide bonds. The zero-order chi connectivity index (χ0) is 10.7. The van der Waals surface area contributed by atoms with Crippen LogP contribution in [0.25, 0.3) is 0 Å². The van der Waals surface area contributed by atoms with Gasteiger partial charge in [0.05, 0.1) is 0 Å². The topological polar surface area (TPSA) is 75.4 Å². The second kappa shape index (κ2) is 4.41. The summed E-state index contributed by atoms with van der Waals surface area (Å²) in [7, 11) is 1.56. The van der Waals surface area contributed by atoms with Gasteiger partial charge in [-0.1, -0.05) is 0 Å². The van der Waals surface area contributed by atoms with Crippen molar-refractivity contribution in [1.29, 1.82) is 0 Å². The molecule has 5 nitrogen and oxygen atoms in total. The molecule has 0 aliphatic carbocycles. The van der Waals surface area contributed by atoms with E-state index >= 15 is 0 Å². The Morgan fingerprint density at radius 2 is 2.36 bits per heavy atom. The second-order valence-electron chi connectivity index (χ2n) is 3.64. The fourth-order valence-corrected chi connectivity index (χ4v) is 1.62. The zero-order valence-electron chi connectivity index (χ0n) is 8.62. The maximum absolute atomic E-state index is 11.5. The molecule has 1 fully saturated rings. The summed E-state index contributed by atoms with van der Waals surface area (Å²) in [5, 5.41) is 2.52. The highest BCUT2D eigenvalue weighted by atomic mass is 16.2. The van der Waals surface area contributed by atoms with Crippen LogP contribution in [0, 0.1) is 0 Å². The predicted octanol–water partition coefficient (Wildman–Crippen LogP) is -0.929. The maximum atomic E-state index is 11.5. The van der Waals surface area contributed by atoms with Crippen LogP contribution in [0.1, 0.15) is 19.8 Å². The van der Waals surface area contributed by atoms with Gasteiger partial charge in [0, 0.05) is 26.1 Å². The van der Waals surface area contributed by atoms with Crippen LogP contribution in [0.4, 0.5) is 0 Å². The van der Waals surface area contributed by atoms with Crippen LogP contribution in [-0.2, 0) is 9.59 Å². The molecule has 0 spiro atoms. The lowest BCUT2D eigenvalue weighted by atomic mass is 10.0. The Balaban J connectivity index is 2.64. The number of nitrogens with one attached hydrogen (secondary N) is 1. The van der Waals surface area contributed by atoms with E-state index in [0.717, 1.165) is 6.42 Å². The molecule has 0 aromatic heterocycles. The van der Waals surface area contributed by atoms with Gasteiger partial charge >= 0.3 is 0 Å². The predicted molar refractivity (Wildman–Crippen MR) is 52.5 cm³/mol. The van der Waals surface area contributed by atoms with Gasteiger partial charge in [-0.05, 0) is 13.3 Å². The number of carbonyl (C=O) groups excluding carboxylic acids is 2. The van der Waals surface area contributed by atoms with Crippen molar-refractivity contribution in [2.24, 2.45) is 5.73 Å². The monoisotopic (exact) mass is 199 g/mol. The minimum atomic E-state index is -0.418. The number of carbonyl (C=O) groups is 2. The quantitative estimate of drug-likeness (QED) is 0.603. The Kier molecular flexibility index (Phi) is 3.46. The van der Waals surface area contributed by atoms with Gasteiger partial charge in [-0.3, -0.25) is 9.59 Å². The molecular weight excluding hydrogens is 182 g/mol. The number of hydrogen-bond acceptors (Lipinski definition) is 3. The van der Waals surface area contributed by atoms with Crippen LogP contribution in [0.3, 0.4) is 0 Å². The summed E-state index contributed by atoms with van der Waals surface area (Å²) in [5.41, 5.74) is 5.74. The van der Waals surface area contributed by atoms with E-state index in [1.54, 1.807) is 18.9 Å². The Hall–Kier alpha value is -1.10. The summed E-state index contributed by atoms with van der Waals surface area (Å²) in [6, 6.07) is -0.418. The lowest BCUT2D eigenvalue weighted by molar-refractivity contribution is -0.142. The Bertz CT molecular complexity index is 242. The van der Waals surface area contributed by atoms with Crippen molar-refractivity contribution in [1.82, 2.24) is 10.2 Å². The van der Waals surface area contributed by atoms with Gasteiger partial charge in [0.1, 0.15) is 6.04 Å². The molecule has 1 rings (SSSR count). The molecule has 1 heterocycles. The van der Waals surface area contributed by atoms with Gasteiger partial charge in [-0.25, -0.2) is 0 Å². The minimum absolute atomic E-state index is 0.000180. The molecule has 0 aromatic rings. The normalized spacial score (nSPS) is 24.6. The molecule has 0 bridgehead atoms. The first-order chi connectivity index (χ1) is 6.56. The number of likely N-dealkylation sites (N-methyl/N-ethyl adjacent to an activating group) is 1. The standard InChI is InChI=1S/C9H17N3O2/c1-6(9(14)11-2)12-5-7(10)3-4-8(12)13/h6-7H,3-5,10H2,1-2H3,(H,11,14)/t6-,7-/m0/s1. The summed E-state index contributed by atoms with van der Waals surface area (Å²) >= 11 is 0. The highest BCUT2D eigenvalue weighted by Crippen LogP contribution is 2.13. The van der Waals surface area contributed by atoms with Crippen molar-refractivity contribution in [3.05, 3.63) is 0 Å². The van der Waals surface area contributed by atoms with Gasteiger partial charge in [0.25, 0.3) is 0 Å². The van der Waals surface area contributed by atoms with Crippen LogP contribution in [0.15, 0.2) is 0 Å². The largest absolute Gasteiger partial charge is 0.357 e. The molecule has 14 heavy (non-hydrogen) atoms. The third-order valence-corrected chi connectivity index (χ3v) is 2.57. The Morgan fingerprint density at radius 3 is 2.93 bits per heavy atom. The van der Waals surface area contributed by atoms with Crippen molar-refractivity contribution in [2.75, 3.05) is 13.6 Å². The lowest BCUT2D eigenvalue weighted by Gasteiger charge is -2.34. The third kappa shape index (κ3) is 2.23. The maximum Gasteiger partial charge on any atom is 0.242 e. The van der Waals surface area contributed by atoms with E-state index in [0.29, 0.717) is 13.0 Å². The van der Waals surface area contributed by atoms with E-state index in [1.807, 2.05) is 0 Å². The van der Waals surface area contributed by atoms with E-state index in [2.05, 4.69) is 5.32 Å². The number of nitrogens with zero attached hydrogens (tertiary/aromatic N) is 1. The first-order valence-electron chi connectivity index (χ1n) is 4.83.